The van der Waals surface area contributed by atoms with E-state index in [0.29, 0.717) is 0 Å². The molecule has 3 heteroatoms. The van der Waals surface area contributed by atoms with Crippen molar-refractivity contribution < 1.29 is 9.57 Å². The van der Waals surface area contributed by atoms with Gasteiger partial charge in [0.05, 0.1) is 6.61 Å². The van der Waals surface area contributed by atoms with E-state index in [1.165, 1.54) is 25.7 Å². The number of ether oxygens (including phenoxy) is 1. The van der Waals surface area contributed by atoms with Crippen molar-refractivity contribution >= 4 is 0 Å². The third-order valence-electron chi connectivity index (χ3n) is 2.66. The molecule has 0 bridgehead atoms. The lowest BCUT2D eigenvalue weighted by atomic mass is 10.1. The van der Waals surface area contributed by atoms with Crippen molar-refractivity contribution in [3.63, 3.8) is 0 Å². The van der Waals surface area contributed by atoms with E-state index in [4.69, 9.17) is 9.57 Å². The van der Waals surface area contributed by atoms with Gasteiger partial charge in [-0.25, -0.2) is 0 Å². The lowest BCUT2D eigenvalue weighted by molar-refractivity contribution is -0.193. The topological polar surface area (TPSA) is 21.7 Å². The van der Waals surface area contributed by atoms with Gasteiger partial charge in [-0.15, -0.1) is 0 Å². The summed E-state index contributed by atoms with van der Waals surface area (Å²) in [5, 5.41) is 2.13. The minimum Gasteiger partial charge on any atom is -0.385 e. The Bertz CT molecular complexity index is 141. The zero-order valence-corrected chi connectivity index (χ0v) is 9.50. The van der Waals surface area contributed by atoms with Crippen LogP contribution < -0.4 is 0 Å². The standard InChI is InChI=1S/C11H23NO2/c1-11-6-9-14-12(10-11)7-4-3-5-8-13-2/h11H,3-10H2,1-2H3/t11-/m0/s1. The molecule has 1 heterocycles. The molecule has 1 fully saturated rings. The first-order chi connectivity index (χ1) is 6.83. The molecule has 1 atom stereocenters. The second-order valence-electron chi connectivity index (χ2n) is 4.17. The van der Waals surface area contributed by atoms with Crippen LogP contribution in [0.1, 0.15) is 32.6 Å². The maximum absolute atomic E-state index is 5.56. The molecule has 1 rings (SSSR count). The van der Waals surface area contributed by atoms with Gasteiger partial charge < -0.3 is 4.74 Å². The Labute approximate surface area is 87.3 Å². The number of hydrogen-bond acceptors (Lipinski definition) is 3. The number of methoxy groups -OCH3 is 1. The molecule has 0 unspecified atom stereocenters. The second-order valence-corrected chi connectivity index (χ2v) is 4.17. The van der Waals surface area contributed by atoms with E-state index in [1.54, 1.807) is 7.11 Å². The largest absolute Gasteiger partial charge is 0.385 e. The Kier molecular flexibility index (Phi) is 6.15. The summed E-state index contributed by atoms with van der Waals surface area (Å²) in [6.45, 7) is 6.26. The van der Waals surface area contributed by atoms with Gasteiger partial charge in [-0.1, -0.05) is 6.92 Å². The molecule has 0 aromatic heterocycles. The van der Waals surface area contributed by atoms with Gasteiger partial charge in [0.1, 0.15) is 0 Å². The van der Waals surface area contributed by atoms with Crippen LogP contribution in [0.5, 0.6) is 0 Å². The lowest BCUT2D eigenvalue weighted by Gasteiger charge is -2.30. The molecular weight excluding hydrogens is 178 g/mol. The van der Waals surface area contributed by atoms with Gasteiger partial charge >= 0.3 is 0 Å². The first-order valence-corrected chi connectivity index (χ1v) is 5.69. The summed E-state index contributed by atoms with van der Waals surface area (Å²) in [6.07, 6.45) is 4.83. The molecular formula is C11H23NO2. The fraction of sp³-hybridized carbons (Fsp3) is 1.00. The van der Waals surface area contributed by atoms with Crippen LogP contribution in [0.4, 0.5) is 0 Å². The maximum atomic E-state index is 5.56. The normalized spacial score (nSPS) is 24.0. The smallest absolute Gasteiger partial charge is 0.0688 e. The number of unbranched alkanes of at least 4 members (excludes halogenated alkanes) is 2. The van der Waals surface area contributed by atoms with Crippen molar-refractivity contribution in [2.45, 2.75) is 32.6 Å². The van der Waals surface area contributed by atoms with Crippen molar-refractivity contribution in [2.75, 3.05) is 33.4 Å². The van der Waals surface area contributed by atoms with Crippen LogP contribution in [0.3, 0.4) is 0 Å². The van der Waals surface area contributed by atoms with Gasteiger partial charge in [0.2, 0.25) is 0 Å². The van der Waals surface area contributed by atoms with Crippen LogP contribution >= 0.6 is 0 Å². The van der Waals surface area contributed by atoms with Crippen molar-refractivity contribution in [3.8, 4) is 0 Å². The molecule has 0 aliphatic carbocycles. The fourth-order valence-electron chi connectivity index (χ4n) is 1.74. The zero-order valence-electron chi connectivity index (χ0n) is 9.50. The van der Waals surface area contributed by atoms with Crippen LogP contribution in [-0.4, -0.2) is 38.5 Å². The van der Waals surface area contributed by atoms with Gasteiger partial charge in [-0.05, 0) is 31.6 Å². The van der Waals surface area contributed by atoms with E-state index in [1.807, 2.05) is 0 Å². The van der Waals surface area contributed by atoms with Gasteiger partial charge in [0.15, 0.2) is 0 Å². The van der Waals surface area contributed by atoms with E-state index < -0.39 is 0 Å². The molecule has 1 saturated heterocycles. The van der Waals surface area contributed by atoms with Gasteiger partial charge in [0.25, 0.3) is 0 Å². The number of rotatable bonds is 6. The molecule has 84 valence electrons. The summed E-state index contributed by atoms with van der Waals surface area (Å²) in [5.41, 5.74) is 0. The average molecular weight is 201 g/mol. The second kappa shape index (κ2) is 7.21. The third kappa shape index (κ3) is 4.94. The van der Waals surface area contributed by atoms with E-state index in [2.05, 4.69) is 12.0 Å². The highest BCUT2D eigenvalue weighted by Crippen LogP contribution is 2.13. The van der Waals surface area contributed by atoms with Crippen LogP contribution in [0, 0.1) is 5.92 Å². The molecule has 0 aromatic carbocycles. The highest BCUT2D eigenvalue weighted by Gasteiger charge is 2.15. The molecule has 0 aromatic rings. The highest BCUT2D eigenvalue weighted by atomic mass is 16.7. The number of hydroxylamine groups is 2. The SMILES string of the molecule is COCCCCCN1C[C@@H](C)CCO1. The molecule has 0 spiro atoms. The predicted octanol–water partition coefficient (Wildman–Crippen LogP) is 2.08. The molecule has 1 aliphatic rings. The first-order valence-electron chi connectivity index (χ1n) is 5.69. The quantitative estimate of drug-likeness (QED) is 0.614. The monoisotopic (exact) mass is 201 g/mol. The Morgan fingerprint density at radius 2 is 2.21 bits per heavy atom. The zero-order chi connectivity index (χ0) is 10.2. The minimum absolute atomic E-state index is 0.794. The average Bonchev–Trinajstić information content (AvgIpc) is 2.18. The van der Waals surface area contributed by atoms with Crippen LogP contribution in [0.15, 0.2) is 0 Å². The lowest BCUT2D eigenvalue weighted by Crippen LogP contribution is -2.35. The Morgan fingerprint density at radius 1 is 1.36 bits per heavy atom. The molecule has 0 saturated carbocycles. The van der Waals surface area contributed by atoms with Crippen molar-refractivity contribution in [1.82, 2.24) is 5.06 Å². The summed E-state index contributed by atoms with van der Waals surface area (Å²) in [4.78, 5) is 5.56. The molecule has 3 nitrogen and oxygen atoms in total. The van der Waals surface area contributed by atoms with E-state index in [9.17, 15) is 0 Å². The molecule has 14 heavy (non-hydrogen) atoms. The van der Waals surface area contributed by atoms with Crippen molar-refractivity contribution in [3.05, 3.63) is 0 Å². The van der Waals surface area contributed by atoms with Gasteiger partial charge in [-0.3, -0.25) is 4.84 Å². The molecule has 0 N–H and O–H groups in total. The minimum atomic E-state index is 0.794. The van der Waals surface area contributed by atoms with Crippen LogP contribution in [0.25, 0.3) is 0 Å². The van der Waals surface area contributed by atoms with Crippen LogP contribution in [-0.2, 0) is 9.57 Å². The summed E-state index contributed by atoms with van der Waals surface area (Å²) in [6, 6.07) is 0. The predicted molar refractivity (Wildman–Crippen MR) is 57.0 cm³/mol. The number of hydrogen-bond donors (Lipinski definition) is 0. The highest BCUT2D eigenvalue weighted by molar-refractivity contribution is 4.61. The summed E-state index contributed by atoms with van der Waals surface area (Å²) in [5.74, 6) is 0.794. The molecule has 0 amide bonds. The van der Waals surface area contributed by atoms with E-state index in [-0.39, 0.29) is 0 Å². The number of nitrogens with zero attached hydrogens (tertiary/aromatic N) is 1. The van der Waals surface area contributed by atoms with Crippen molar-refractivity contribution in [2.24, 2.45) is 5.92 Å². The van der Waals surface area contributed by atoms with Gasteiger partial charge in [-0.2, -0.15) is 5.06 Å². The summed E-state index contributed by atoms with van der Waals surface area (Å²) in [7, 11) is 1.76. The Morgan fingerprint density at radius 3 is 2.93 bits per heavy atom. The van der Waals surface area contributed by atoms with E-state index in [0.717, 1.165) is 32.2 Å². The molecule has 0 radical (unpaired) electrons. The summed E-state index contributed by atoms with van der Waals surface area (Å²) >= 11 is 0. The molecule has 1 aliphatic heterocycles. The third-order valence-corrected chi connectivity index (χ3v) is 2.66. The Balaban J connectivity index is 1.95. The van der Waals surface area contributed by atoms with Crippen molar-refractivity contribution in [1.29, 1.82) is 0 Å². The Hall–Kier alpha value is -0.120. The maximum Gasteiger partial charge on any atom is 0.0688 e. The van der Waals surface area contributed by atoms with Gasteiger partial charge in [0, 0.05) is 26.8 Å². The van der Waals surface area contributed by atoms with E-state index >= 15 is 0 Å². The summed E-state index contributed by atoms with van der Waals surface area (Å²) < 4.78 is 5.01. The fourth-order valence-corrected chi connectivity index (χ4v) is 1.74. The van der Waals surface area contributed by atoms with Crippen LogP contribution in [0.2, 0.25) is 0 Å². The first kappa shape index (κ1) is 12.0.